The molecule has 0 aliphatic carbocycles. The Hall–Kier alpha value is -3.12. The quantitative estimate of drug-likeness (QED) is 0.687. The van der Waals surface area contributed by atoms with Crippen molar-refractivity contribution < 1.29 is 4.74 Å². The molecule has 6 heteroatoms. The van der Waals surface area contributed by atoms with Gasteiger partial charge in [0.1, 0.15) is 17.4 Å². The molecule has 1 aliphatic rings. The lowest BCUT2D eigenvalue weighted by atomic mass is 10.2. The number of benzene rings is 2. The van der Waals surface area contributed by atoms with Gasteiger partial charge in [-0.1, -0.05) is 49.4 Å². The minimum absolute atomic E-state index is 0.721. The summed E-state index contributed by atoms with van der Waals surface area (Å²) in [5, 5.41) is 3.42. The third-order valence-electron chi connectivity index (χ3n) is 5.26. The smallest absolute Gasteiger partial charge is 0.163 e. The van der Waals surface area contributed by atoms with E-state index < -0.39 is 0 Å². The minimum atomic E-state index is 0.721. The molecule has 0 atom stereocenters. The first-order chi connectivity index (χ1) is 14.3. The lowest BCUT2D eigenvalue weighted by molar-refractivity contribution is 0.270. The number of hydrogen-bond acceptors (Lipinski definition) is 6. The molecule has 1 aliphatic heterocycles. The summed E-state index contributed by atoms with van der Waals surface area (Å²) in [6, 6.07) is 20.0. The molecule has 2 aromatic carbocycles. The number of piperazine rings is 1. The zero-order valence-corrected chi connectivity index (χ0v) is 17.0. The molecule has 0 saturated carbocycles. The van der Waals surface area contributed by atoms with Gasteiger partial charge in [-0.25, -0.2) is 9.97 Å². The first-order valence-corrected chi connectivity index (χ1v) is 10.1. The Morgan fingerprint density at radius 2 is 1.66 bits per heavy atom. The summed E-state index contributed by atoms with van der Waals surface area (Å²) >= 11 is 0. The molecular weight excluding hydrogens is 362 g/mol. The molecule has 1 N–H and O–H groups in total. The van der Waals surface area contributed by atoms with Crippen LogP contribution in [0.5, 0.6) is 5.75 Å². The normalized spacial score (nSPS) is 14.6. The molecule has 1 aromatic heterocycles. The van der Waals surface area contributed by atoms with Crippen molar-refractivity contribution in [1.29, 1.82) is 0 Å². The van der Waals surface area contributed by atoms with Gasteiger partial charge in [0.2, 0.25) is 0 Å². The summed E-state index contributed by atoms with van der Waals surface area (Å²) in [5.74, 6) is 3.21. The molecule has 1 saturated heterocycles. The van der Waals surface area contributed by atoms with Gasteiger partial charge in [0, 0.05) is 37.8 Å². The lowest BCUT2D eigenvalue weighted by Crippen LogP contribution is -2.46. The number of rotatable bonds is 6. The highest BCUT2D eigenvalue weighted by Crippen LogP contribution is 2.29. The average molecular weight is 390 g/mol. The summed E-state index contributed by atoms with van der Waals surface area (Å²) < 4.78 is 5.48. The molecule has 150 valence electrons. The molecule has 3 aromatic rings. The lowest BCUT2D eigenvalue weighted by Gasteiger charge is -2.35. The van der Waals surface area contributed by atoms with Crippen molar-refractivity contribution in [3.05, 3.63) is 60.7 Å². The van der Waals surface area contributed by atoms with Crippen molar-refractivity contribution in [3.8, 4) is 17.1 Å². The molecule has 1 fully saturated rings. The number of anilines is 3. The van der Waals surface area contributed by atoms with Crippen LogP contribution in [0, 0.1) is 0 Å². The number of hydrogen-bond donors (Lipinski definition) is 1. The highest BCUT2D eigenvalue weighted by Gasteiger charge is 2.19. The van der Waals surface area contributed by atoms with E-state index in [0.29, 0.717) is 0 Å². The maximum Gasteiger partial charge on any atom is 0.163 e. The number of likely N-dealkylation sites (N-methyl/N-ethyl adjacent to an activating group) is 1. The minimum Gasteiger partial charge on any atom is -0.495 e. The Kier molecular flexibility index (Phi) is 5.91. The summed E-state index contributed by atoms with van der Waals surface area (Å²) in [7, 11) is 1.68. The highest BCUT2D eigenvalue weighted by atomic mass is 16.5. The fourth-order valence-corrected chi connectivity index (χ4v) is 3.56. The zero-order chi connectivity index (χ0) is 20.1. The van der Waals surface area contributed by atoms with Crippen molar-refractivity contribution in [2.45, 2.75) is 6.92 Å². The van der Waals surface area contributed by atoms with Gasteiger partial charge < -0.3 is 19.9 Å². The molecule has 29 heavy (non-hydrogen) atoms. The van der Waals surface area contributed by atoms with Crippen LogP contribution in [0.25, 0.3) is 11.4 Å². The predicted octanol–water partition coefficient (Wildman–Crippen LogP) is 4.04. The number of para-hydroxylation sites is 2. The average Bonchev–Trinajstić information content (AvgIpc) is 2.80. The Labute approximate surface area is 172 Å². The molecule has 0 amide bonds. The van der Waals surface area contributed by atoms with E-state index in [1.807, 2.05) is 60.7 Å². The second-order valence-corrected chi connectivity index (χ2v) is 7.05. The molecule has 2 heterocycles. The Morgan fingerprint density at radius 1 is 0.931 bits per heavy atom. The fourth-order valence-electron chi connectivity index (χ4n) is 3.56. The molecular formula is C23H27N5O. The number of methoxy groups -OCH3 is 1. The van der Waals surface area contributed by atoms with E-state index in [9.17, 15) is 0 Å². The largest absolute Gasteiger partial charge is 0.495 e. The van der Waals surface area contributed by atoms with E-state index in [4.69, 9.17) is 14.7 Å². The van der Waals surface area contributed by atoms with Crippen LogP contribution in [0.4, 0.5) is 17.3 Å². The molecule has 0 spiro atoms. The standard InChI is InChI=1S/C23H27N5O/c1-3-27-13-15-28(16-14-27)22-17-21(24-19-11-7-8-12-20(19)29-2)25-23(26-22)18-9-5-4-6-10-18/h4-12,17H,3,13-16H2,1-2H3,(H,24,25,26). The van der Waals surface area contributed by atoms with E-state index in [2.05, 4.69) is 22.0 Å². The fraction of sp³-hybridized carbons (Fsp3) is 0.304. The molecule has 0 radical (unpaired) electrons. The van der Waals surface area contributed by atoms with E-state index in [1.54, 1.807) is 7.11 Å². The van der Waals surface area contributed by atoms with Crippen LogP contribution in [-0.4, -0.2) is 54.7 Å². The SMILES string of the molecule is CCN1CCN(c2cc(Nc3ccccc3OC)nc(-c3ccccc3)n2)CC1. The summed E-state index contributed by atoms with van der Waals surface area (Å²) in [6.07, 6.45) is 0. The summed E-state index contributed by atoms with van der Waals surface area (Å²) in [6.45, 7) is 7.34. The Morgan fingerprint density at radius 3 is 2.38 bits per heavy atom. The van der Waals surface area contributed by atoms with Crippen LogP contribution in [0.15, 0.2) is 60.7 Å². The van der Waals surface area contributed by atoms with Crippen molar-refractivity contribution in [2.24, 2.45) is 0 Å². The van der Waals surface area contributed by atoms with Gasteiger partial charge >= 0.3 is 0 Å². The van der Waals surface area contributed by atoms with Crippen molar-refractivity contribution >= 4 is 17.3 Å². The number of nitrogens with zero attached hydrogens (tertiary/aromatic N) is 4. The summed E-state index contributed by atoms with van der Waals surface area (Å²) in [5.41, 5.74) is 1.89. The first-order valence-electron chi connectivity index (χ1n) is 10.1. The van der Waals surface area contributed by atoms with E-state index in [0.717, 1.165) is 67.2 Å². The summed E-state index contributed by atoms with van der Waals surface area (Å²) in [4.78, 5) is 14.5. The van der Waals surface area contributed by atoms with E-state index in [-0.39, 0.29) is 0 Å². The highest BCUT2D eigenvalue weighted by molar-refractivity contribution is 5.68. The Balaban J connectivity index is 1.69. The predicted molar refractivity (Wildman–Crippen MR) is 118 cm³/mol. The molecule has 0 unspecified atom stereocenters. The van der Waals surface area contributed by atoms with Gasteiger partial charge in [-0.05, 0) is 18.7 Å². The van der Waals surface area contributed by atoms with Gasteiger partial charge in [-0.3, -0.25) is 0 Å². The van der Waals surface area contributed by atoms with Crippen molar-refractivity contribution in [2.75, 3.05) is 50.1 Å². The maximum atomic E-state index is 5.48. The van der Waals surface area contributed by atoms with Crippen LogP contribution in [0.3, 0.4) is 0 Å². The molecule has 6 nitrogen and oxygen atoms in total. The van der Waals surface area contributed by atoms with Crippen LogP contribution < -0.4 is 15.0 Å². The number of nitrogens with one attached hydrogen (secondary N) is 1. The van der Waals surface area contributed by atoms with E-state index in [1.165, 1.54) is 0 Å². The van der Waals surface area contributed by atoms with Gasteiger partial charge in [0.05, 0.1) is 12.8 Å². The number of aromatic nitrogens is 2. The van der Waals surface area contributed by atoms with Gasteiger partial charge in [-0.2, -0.15) is 0 Å². The monoisotopic (exact) mass is 389 g/mol. The molecule has 4 rings (SSSR count). The van der Waals surface area contributed by atoms with Crippen LogP contribution in [-0.2, 0) is 0 Å². The third kappa shape index (κ3) is 4.49. The number of ether oxygens (including phenoxy) is 1. The van der Waals surface area contributed by atoms with Crippen LogP contribution >= 0.6 is 0 Å². The topological polar surface area (TPSA) is 53.5 Å². The Bertz CT molecular complexity index is 939. The van der Waals surface area contributed by atoms with Gasteiger partial charge in [-0.15, -0.1) is 0 Å². The van der Waals surface area contributed by atoms with Crippen molar-refractivity contribution in [1.82, 2.24) is 14.9 Å². The van der Waals surface area contributed by atoms with Crippen LogP contribution in [0.1, 0.15) is 6.92 Å². The first kappa shape index (κ1) is 19.2. The van der Waals surface area contributed by atoms with E-state index >= 15 is 0 Å². The van der Waals surface area contributed by atoms with Gasteiger partial charge in [0.25, 0.3) is 0 Å². The second kappa shape index (κ2) is 8.92. The third-order valence-corrected chi connectivity index (χ3v) is 5.26. The molecule has 0 bridgehead atoms. The van der Waals surface area contributed by atoms with Crippen molar-refractivity contribution in [3.63, 3.8) is 0 Å². The van der Waals surface area contributed by atoms with Crippen LogP contribution in [0.2, 0.25) is 0 Å². The second-order valence-electron chi connectivity index (χ2n) is 7.05. The van der Waals surface area contributed by atoms with Gasteiger partial charge in [0.15, 0.2) is 5.82 Å². The zero-order valence-electron chi connectivity index (χ0n) is 17.0. The maximum absolute atomic E-state index is 5.48.